The second-order valence-corrected chi connectivity index (χ2v) is 6.31. The van der Waals surface area contributed by atoms with Crippen molar-refractivity contribution in [2.75, 3.05) is 13.1 Å². The molecule has 19 heavy (non-hydrogen) atoms. The molecule has 108 valence electrons. The molecule has 0 saturated heterocycles. The lowest BCUT2D eigenvalue weighted by Gasteiger charge is -2.25. The molecule has 1 nitrogen and oxygen atoms in total. The van der Waals surface area contributed by atoms with Crippen LogP contribution in [0, 0.1) is 25.1 Å². The number of rotatable bonds is 7. The molecule has 0 aliphatic rings. The third-order valence-corrected chi connectivity index (χ3v) is 3.82. The maximum absolute atomic E-state index is 13.6. The van der Waals surface area contributed by atoms with Gasteiger partial charge in [-0.25, -0.2) is 4.39 Å². The van der Waals surface area contributed by atoms with Crippen LogP contribution in [0.3, 0.4) is 0 Å². The Balaban J connectivity index is 2.56. The van der Waals surface area contributed by atoms with Crippen LogP contribution in [0.1, 0.15) is 50.3 Å². The fourth-order valence-electron chi connectivity index (χ4n) is 2.39. The van der Waals surface area contributed by atoms with Crippen molar-refractivity contribution in [3.8, 4) is 0 Å². The summed E-state index contributed by atoms with van der Waals surface area (Å²) >= 11 is 0. The van der Waals surface area contributed by atoms with Crippen LogP contribution in [-0.2, 0) is 6.42 Å². The lowest BCUT2D eigenvalue weighted by Crippen LogP contribution is -2.22. The van der Waals surface area contributed by atoms with E-state index in [0.29, 0.717) is 5.41 Å². The zero-order valence-electron chi connectivity index (χ0n) is 13.1. The first-order valence-electron chi connectivity index (χ1n) is 7.32. The SMILES string of the molecule is CCNCCC(C)(C)CCc1cc(C)c(F)c(C)c1. The Bertz CT molecular complexity index is 387. The molecule has 1 rings (SSSR count). The summed E-state index contributed by atoms with van der Waals surface area (Å²) in [5, 5.41) is 3.38. The Morgan fingerprint density at radius 3 is 2.21 bits per heavy atom. The Morgan fingerprint density at radius 1 is 1.11 bits per heavy atom. The second kappa shape index (κ2) is 7.04. The monoisotopic (exact) mass is 265 g/mol. The van der Waals surface area contributed by atoms with Crippen molar-refractivity contribution in [2.45, 2.75) is 53.9 Å². The Labute approximate surface area is 117 Å². The van der Waals surface area contributed by atoms with Gasteiger partial charge < -0.3 is 5.32 Å². The molecule has 0 spiro atoms. The molecule has 0 saturated carbocycles. The van der Waals surface area contributed by atoms with Crippen molar-refractivity contribution in [1.82, 2.24) is 5.32 Å². The predicted octanol–water partition coefficient (Wildman–Crippen LogP) is 4.40. The van der Waals surface area contributed by atoms with Gasteiger partial charge in [-0.2, -0.15) is 0 Å². The van der Waals surface area contributed by atoms with E-state index >= 15 is 0 Å². The molecule has 0 fully saturated rings. The van der Waals surface area contributed by atoms with E-state index in [1.807, 2.05) is 26.0 Å². The minimum Gasteiger partial charge on any atom is -0.317 e. The highest BCUT2D eigenvalue weighted by atomic mass is 19.1. The zero-order valence-corrected chi connectivity index (χ0v) is 13.1. The largest absolute Gasteiger partial charge is 0.317 e. The Morgan fingerprint density at radius 2 is 1.68 bits per heavy atom. The molecular weight excluding hydrogens is 237 g/mol. The van der Waals surface area contributed by atoms with Crippen molar-refractivity contribution in [3.05, 3.63) is 34.6 Å². The van der Waals surface area contributed by atoms with Crippen molar-refractivity contribution in [1.29, 1.82) is 0 Å². The molecule has 0 unspecified atom stereocenters. The molecule has 2 heteroatoms. The van der Waals surface area contributed by atoms with Gasteiger partial charge in [-0.15, -0.1) is 0 Å². The summed E-state index contributed by atoms with van der Waals surface area (Å²) < 4.78 is 13.6. The standard InChI is InChI=1S/C17H28FN/c1-6-19-10-9-17(4,5)8-7-15-11-13(2)16(18)14(3)12-15/h11-12,19H,6-10H2,1-5H3. The van der Waals surface area contributed by atoms with Gasteiger partial charge in [-0.3, -0.25) is 0 Å². The van der Waals surface area contributed by atoms with Gasteiger partial charge in [0.05, 0.1) is 0 Å². The lowest BCUT2D eigenvalue weighted by atomic mass is 9.83. The van der Waals surface area contributed by atoms with Gasteiger partial charge in [0.2, 0.25) is 0 Å². The minimum absolute atomic E-state index is 0.0600. The highest BCUT2D eigenvalue weighted by Gasteiger charge is 2.17. The van der Waals surface area contributed by atoms with E-state index in [0.717, 1.165) is 37.1 Å². The van der Waals surface area contributed by atoms with Gasteiger partial charge in [-0.05, 0) is 68.3 Å². The first kappa shape index (κ1) is 16.2. The van der Waals surface area contributed by atoms with Crippen molar-refractivity contribution >= 4 is 0 Å². The number of aryl methyl sites for hydroxylation is 3. The summed E-state index contributed by atoms with van der Waals surface area (Å²) in [6.07, 6.45) is 3.35. The van der Waals surface area contributed by atoms with Crippen LogP contribution in [0.4, 0.5) is 4.39 Å². The van der Waals surface area contributed by atoms with Crippen molar-refractivity contribution in [3.63, 3.8) is 0 Å². The third kappa shape index (κ3) is 5.32. The van der Waals surface area contributed by atoms with Crippen molar-refractivity contribution in [2.24, 2.45) is 5.41 Å². The van der Waals surface area contributed by atoms with Gasteiger partial charge in [0.15, 0.2) is 0 Å². The minimum atomic E-state index is -0.0600. The summed E-state index contributed by atoms with van der Waals surface area (Å²) in [7, 11) is 0. The topological polar surface area (TPSA) is 12.0 Å². The fraction of sp³-hybridized carbons (Fsp3) is 0.647. The summed E-state index contributed by atoms with van der Waals surface area (Å²) in [5.74, 6) is -0.0600. The normalized spacial score (nSPS) is 11.9. The summed E-state index contributed by atoms with van der Waals surface area (Å²) in [5.41, 5.74) is 3.12. The smallest absolute Gasteiger partial charge is 0.129 e. The highest BCUT2D eigenvalue weighted by Crippen LogP contribution is 2.27. The highest BCUT2D eigenvalue weighted by molar-refractivity contribution is 5.30. The van der Waals surface area contributed by atoms with Gasteiger partial charge in [0.1, 0.15) is 5.82 Å². The van der Waals surface area contributed by atoms with E-state index in [1.165, 1.54) is 12.0 Å². The van der Waals surface area contributed by atoms with E-state index in [9.17, 15) is 4.39 Å². The van der Waals surface area contributed by atoms with Crippen LogP contribution < -0.4 is 5.32 Å². The molecule has 1 aromatic carbocycles. The van der Waals surface area contributed by atoms with Crippen LogP contribution in [0.15, 0.2) is 12.1 Å². The number of hydrogen-bond acceptors (Lipinski definition) is 1. The molecular formula is C17H28FN. The summed E-state index contributed by atoms with van der Waals surface area (Å²) in [6, 6.07) is 3.98. The molecule has 0 amide bonds. The van der Waals surface area contributed by atoms with Gasteiger partial charge in [0, 0.05) is 0 Å². The van der Waals surface area contributed by atoms with Crippen LogP contribution in [-0.4, -0.2) is 13.1 Å². The van der Waals surface area contributed by atoms with E-state index in [2.05, 4.69) is 26.1 Å². The molecule has 0 radical (unpaired) electrons. The third-order valence-electron chi connectivity index (χ3n) is 3.82. The van der Waals surface area contributed by atoms with Crippen molar-refractivity contribution < 1.29 is 4.39 Å². The van der Waals surface area contributed by atoms with Crippen LogP contribution in [0.5, 0.6) is 0 Å². The molecule has 1 aromatic rings. The average molecular weight is 265 g/mol. The molecule has 0 bridgehead atoms. The number of halogens is 1. The quantitative estimate of drug-likeness (QED) is 0.720. The number of nitrogens with one attached hydrogen (secondary N) is 1. The van der Waals surface area contributed by atoms with Crippen LogP contribution >= 0.6 is 0 Å². The maximum atomic E-state index is 13.6. The molecule has 0 aliphatic heterocycles. The lowest BCUT2D eigenvalue weighted by molar-refractivity contribution is 0.303. The first-order valence-corrected chi connectivity index (χ1v) is 7.32. The molecule has 0 aromatic heterocycles. The summed E-state index contributed by atoms with van der Waals surface area (Å²) in [4.78, 5) is 0. The Kier molecular flexibility index (Phi) is 5.99. The maximum Gasteiger partial charge on any atom is 0.129 e. The molecule has 1 N–H and O–H groups in total. The van der Waals surface area contributed by atoms with E-state index in [1.54, 1.807) is 0 Å². The van der Waals surface area contributed by atoms with Crippen LogP contribution in [0.2, 0.25) is 0 Å². The molecule has 0 atom stereocenters. The van der Waals surface area contributed by atoms with E-state index in [4.69, 9.17) is 0 Å². The van der Waals surface area contributed by atoms with Crippen LogP contribution in [0.25, 0.3) is 0 Å². The first-order chi connectivity index (χ1) is 8.85. The molecule has 0 aliphatic carbocycles. The van der Waals surface area contributed by atoms with Gasteiger partial charge >= 0.3 is 0 Å². The number of hydrogen-bond donors (Lipinski definition) is 1. The van der Waals surface area contributed by atoms with E-state index < -0.39 is 0 Å². The van der Waals surface area contributed by atoms with Gasteiger partial charge in [0.25, 0.3) is 0 Å². The second-order valence-electron chi connectivity index (χ2n) is 6.31. The summed E-state index contributed by atoms with van der Waals surface area (Å²) in [6.45, 7) is 12.6. The molecule has 0 heterocycles. The Hall–Kier alpha value is -0.890. The zero-order chi connectivity index (χ0) is 14.5. The fourth-order valence-corrected chi connectivity index (χ4v) is 2.39. The van der Waals surface area contributed by atoms with Gasteiger partial charge in [-0.1, -0.05) is 32.9 Å². The average Bonchev–Trinajstić information content (AvgIpc) is 2.33. The predicted molar refractivity (Wildman–Crippen MR) is 81.1 cm³/mol. The number of benzene rings is 1. The van der Waals surface area contributed by atoms with E-state index in [-0.39, 0.29) is 5.82 Å².